The van der Waals surface area contributed by atoms with Crippen LogP contribution in [0.25, 0.3) is 0 Å². The molecule has 0 fully saturated rings. The highest BCUT2D eigenvalue weighted by Crippen LogP contribution is 2.20. The maximum atomic E-state index is 13.5. The maximum Gasteiger partial charge on any atom is 0.407 e. The fraction of sp³-hybridized carbons (Fsp3) is 0.583. The number of ether oxygens (including phenoxy) is 1. The first-order chi connectivity index (χ1) is 23.1. The second-order valence-electron chi connectivity index (χ2n) is 13.7. The van der Waals surface area contributed by atoms with Crippen LogP contribution in [0.15, 0.2) is 36.4 Å². The Hall–Kier alpha value is -4.55. The van der Waals surface area contributed by atoms with Crippen molar-refractivity contribution < 1.29 is 38.3 Å². The van der Waals surface area contributed by atoms with Gasteiger partial charge in [-0.3, -0.25) is 28.9 Å². The van der Waals surface area contributed by atoms with Gasteiger partial charge in [0, 0.05) is 57.0 Å². The number of imide groups is 1. The van der Waals surface area contributed by atoms with Gasteiger partial charge in [-0.15, -0.1) is 0 Å². The van der Waals surface area contributed by atoms with Gasteiger partial charge in [-0.1, -0.05) is 44.5 Å². The molecule has 49 heavy (non-hydrogen) atoms. The summed E-state index contributed by atoms with van der Waals surface area (Å²) in [6, 6.07) is 5.92. The number of rotatable bonds is 21. The summed E-state index contributed by atoms with van der Waals surface area (Å²) in [5.41, 5.74) is 6.31. The molecule has 1 aliphatic rings. The molecule has 0 bridgehead atoms. The van der Waals surface area contributed by atoms with E-state index in [2.05, 4.69) is 16.0 Å². The first-order valence-corrected chi connectivity index (χ1v) is 17.0. The predicted molar refractivity (Wildman–Crippen MR) is 184 cm³/mol. The van der Waals surface area contributed by atoms with E-state index < -0.39 is 29.7 Å². The van der Waals surface area contributed by atoms with Gasteiger partial charge in [-0.05, 0) is 69.9 Å². The fourth-order valence-corrected chi connectivity index (χ4v) is 5.28. The smallest absolute Gasteiger partial charge is 0.407 e. The largest absolute Gasteiger partial charge is 0.444 e. The van der Waals surface area contributed by atoms with Crippen LogP contribution in [0.4, 0.5) is 9.59 Å². The topological polar surface area (TPSA) is 194 Å². The van der Waals surface area contributed by atoms with E-state index in [-0.39, 0.29) is 67.4 Å². The van der Waals surface area contributed by atoms with Gasteiger partial charge in [-0.25, -0.2) is 9.59 Å². The van der Waals surface area contributed by atoms with Crippen LogP contribution in [0, 0.1) is 11.8 Å². The monoisotopic (exact) mass is 683 g/mol. The standard InChI is InChI=1S/C36H53N5O8/c1-24(2)28(23-27(42)10-7-6-8-21-41-31(44)16-17-32(41)45)33(46)40-29(11-9-19-38-34(37)47)30(43)22-26-14-12-25(13-15-26)18-20-39-35(48)49-36(3,4)5/h12-17,24,28-29H,6-11,18-23H2,1-5H3,(H,39,48)(H,40,46)(H3,37,38,47)/t28-,29?/m1/s1. The maximum absolute atomic E-state index is 13.5. The van der Waals surface area contributed by atoms with Crippen molar-refractivity contribution in [3.05, 3.63) is 47.5 Å². The van der Waals surface area contributed by atoms with E-state index in [1.165, 1.54) is 17.1 Å². The molecule has 2 rings (SSSR count). The van der Waals surface area contributed by atoms with Crippen molar-refractivity contribution in [1.82, 2.24) is 20.9 Å². The molecule has 0 saturated heterocycles. The summed E-state index contributed by atoms with van der Waals surface area (Å²) in [4.78, 5) is 87.3. The van der Waals surface area contributed by atoms with Crippen LogP contribution < -0.4 is 21.7 Å². The summed E-state index contributed by atoms with van der Waals surface area (Å²) >= 11 is 0. The number of alkyl carbamates (subject to hydrolysis) is 1. The number of hydrogen-bond donors (Lipinski definition) is 4. The summed E-state index contributed by atoms with van der Waals surface area (Å²) < 4.78 is 5.24. The Labute approximate surface area is 289 Å². The number of benzene rings is 1. The number of nitrogens with two attached hydrogens (primary N) is 1. The third kappa shape index (κ3) is 15.9. The number of carbonyl (C=O) groups is 7. The van der Waals surface area contributed by atoms with E-state index in [0.717, 1.165) is 11.1 Å². The number of nitrogens with one attached hydrogen (secondary N) is 3. The van der Waals surface area contributed by atoms with Gasteiger partial charge < -0.3 is 26.4 Å². The van der Waals surface area contributed by atoms with Gasteiger partial charge in [-0.2, -0.15) is 0 Å². The number of urea groups is 1. The number of nitrogens with zero attached hydrogens (tertiary/aromatic N) is 1. The molecular weight excluding hydrogens is 630 g/mol. The number of ketones is 2. The van der Waals surface area contributed by atoms with E-state index in [4.69, 9.17) is 10.5 Å². The van der Waals surface area contributed by atoms with E-state index >= 15 is 0 Å². The summed E-state index contributed by atoms with van der Waals surface area (Å²) in [7, 11) is 0. The lowest BCUT2D eigenvalue weighted by atomic mass is 9.88. The molecule has 0 aromatic heterocycles. The molecule has 1 aliphatic heterocycles. The van der Waals surface area contributed by atoms with Crippen LogP contribution in [0.3, 0.4) is 0 Å². The number of amides is 6. The van der Waals surface area contributed by atoms with Gasteiger partial charge in [0.25, 0.3) is 11.8 Å². The summed E-state index contributed by atoms with van der Waals surface area (Å²) in [5, 5.41) is 8.10. The zero-order chi connectivity index (χ0) is 36.6. The average molecular weight is 684 g/mol. The Morgan fingerprint density at radius 1 is 0.857 bits per heavy atom. The zero-order valence-corrected chi connectivity index (χ0v) is 29.5. The molecule has 6 amide bonds. The van der Waals surface area contributed by atoms with Crippen molar-refractivity contribution in [2.24, 2.45) is 17.6 Å². The van der Waals surface area contributed by atoms with Gasteiger partial charge >= 0.3 is 12.1 Å². The van der Waals surface area contributed by atoms with Crippen molar-refractivity contribution >= 4 is 41.4 Å². The van der Waals surface area contributed by atoms with E-state index in [1.807, 2.05) is 38.1 Å². The molecule has 0 saturated carbocycles. The molecule has 13 nitrogen and oxygen atoms in total. The first-order valence-electron chi connectivity index (χ1n) is 17.0. The van der Waals surface area contributed by atoms with Crippen LogP contribution in [-0.4, -0.2) is 77.6 Å². The predicted octanol–water partition coefficient (Wildman–Crippen LogP) is 3.52. The number of carbonyl (C=O) groups excluding carboxylic acids is 7. The molecule has 5 N–H and O–H groups in total. The minimum absolute atomic E-state index is 0.0326. The Bertz CT molecular complexity index is 1330. The zero-order valence-electron chi connectivity index (χ0n) is 29.5. The van der Waals surface area contributed by atoms with E-state index in [1.54, 1.807) is 20.8 Å². The highest BCUT2D eigenvalue weighted by Gasteiger charge is 2.29. The number of unbranched alkanes of at least 4 members (excludes halogenated alkanes) is 2. The molecule has 0 aliphatic carbocycles. The molecule has 13 heteroatoms. The van der Waals surface area contributed by atoms with Crippen molar-refractivity contribution in [3.63, 3.8) is 0 Å². The number of hydrogen-bond acceptors (Lipinski definition) is 8. The Balaban J connectivity index is 1.93. The van der Waals surface area contributed by atoms with Crippen LogP contribution in [-0.2, 0) is 41.6 Å². The average Bonchev–Trinajstić information content (AvgIpc) is 3.33. The minimum atomic E-state index is -0.832. The van der Waals surface area contributed by atoms with Crippen LogP contribution in [0.1, 0.15) is 90.7 Å². The van der Waals surface area contributed by atoms with E-state index in [0.29, 0.717) is 45.2 Å². The summed E-state index contributed by atoms with van der Waals surface area (Å²) in [6.45, 7) is 10.0. The molecule has 1 unspecified atom stereocenters. The van der Waals surface area contributed by atoms with Gasteiger partial charge in [0.15, 0.2) is 5.78 Å². The van der Waals surface area contributed by atoms with Crippen molar-refractivity contribution in [2.45, 2.75) is 104 Å². The lowest BCUT2D eigenvalue weighted by Crippen LogP contribution is -2.46. The highest BCUT2D eigenvalue weighted by atomic mass is 16.6. The second kappa shape index (κ2) is 20.1. The third-order valence-electron chi connectivity index (χ3n) is 7.98. The lowest BCUT2D eigenvalue weighted by Gasteiger charge is -2.24. The second-order valence-corrected chi connectivity index (χ2v) is 13.7. The summed E-state index contributed by atoms with van der Waals surface area (Å²) in [5.74, 6) is -2.10. The normalized spacial score (nSPS) is 14.0. The molecule has 1 aromatic rings. The van der Waals surface area contributed by atoms with Gasteiger partial charge in [0.2, 0.25) is 5.91 Å². The minimum Gasteiger partial charge on any atom is -0.444 e. The molecule has 1 aromatic carbocycles. The van der Waals surface area contributed by atoms with E-state index in [9.17, 15) is 33.6 Å². The van der Waals surface area contributed by atoms with Crippen LogP contribution >= 0.6 is 0 Å². The Kier molecular flexibility index (Phi) is 16.6. The first kappa shape index (κ1) is 40.6. The third-order valence-corrected chi connectivity index (χ3v) is 7.98. The van der Waals surface area contributed by atoms with Crippen LogP contribution in [0.2, 0.25) is 0 Å². The Morgan fingerprint density at radius 2 is 1.49 bits per heavy atom. The van der Waals surface area contributed by atoms with Crippen molar-refractivity contribution in [3.8, 4) is 0 Å². The molecule has 270 valence electrons. The quantitative estimate of drug-likeness (QED) is 0.112. The highest BCUT2D eigenvalue weighted by molar-refractivity contribution is 6.12. The molecule has 0 radical (unpaired) electrons. The molecule has 1 heterocycles. The van der Waals surface area contributed by atoms with Crippen molar-refractivity contribution in [2.75, 3.05) is 19.6 Å². The Morgan fingerprint density at radius 3 is 2.08 bits per heavy atom. The summed E-state index contributed by atoms with van der Waals surface area (Å²) in [6.07, 6.45) is 5.44. The molecule has 0 spiro atoms. The number of Topliss-reactive ketones (excluding diaryl/α,β-unsaturated/α-hetero) is 2. The molecule has 2 atom stereocenters. The SMILES string of the molecule is CC(C)[C@@H](CC(=O)CCCCCN1C(=O)C=CC1=O)C(=O)NC(CCCNC(N)=O)C(=O)Cc1ccc(CCNC(=O)OC(C)(C)C)cc1. The van der Waals surface area contributed by atoms with Crippen LogP contribution in [0.5, 0.6) is 0 Å². The molecular formula is C36H53N5O8. The van der Waals surface area contributed by atoms with Gasteiger partial charge in [0.05, 0.1) is 6.04 Å². The number of primary amides is 1. The lowest BCUT2D eigenvalue weighted by molar-refractivity contribution is -0.137. The fourth-order valence-electron chi connectivity index (χ4n) is 5.28. The van der Waals surface area contributed by atoms with Gasteiger partial charge in [0.1, 0.15) is 11.4 Å². The van der Waals surface area contributed by atoms with Crippen molar-refractivity contribution in [1.29, 1.82) is 0 Å².